The molecule has 180 valence electrons. The van der Waals surface area contributed by atoms with Crippen molar-refractivity contribution < 1.29 is 23.7 Å². The van der Waals surface area contributed by atoms with Crippen molar-refractivity contribution >= 4 is 0 Å². The van der Waals surface area contributed by atoms with Crippen LogP contribution in [0.1, 0.15) is 40.0 Å². The fourth-order valence-corrected chi connectivity index (χ4v) is 2.97. The molecule has 1 aliphatic heterocycles. The molecule has 0 amide bonds. The standard InChI is InChI=1S/C21H42N2O5.C2H6/c1-4-12-25-15-17-27-19-20-28-18-16-26-14-6-21(2)23-10-8-22(9-11-23)7-5-13-24-3;1-2/h2,4-20H2,1,3H3;1-2H3. The molecule has 0 aromatic heterocycles. The number of nitrogens with zero attached hydrogens (tertiary/aromatic N) is 2. The van der Waals surface area contributed by atoms with Gasteiger partial charge < -0.3 is 28.6 Å². The van der Waals surface area contributed by atoms with Crippen molar-refractivity contribution in [1.82, 2.24) is 9.80 Å². The Morgan fingerprint density at radius 1 is 0.733 bits per heavy atom. The molecule has 0 spiro atoms. The van der Waals surface area contributed by atoms with Crippen LogP contribution in [0.2, 0.25) is 0 Å². The summed E-state index contributed by atoms with van der Waals surface area (Å²) in [5.74, 6) is 0. The van der Waals surface area contributed by atoms with Gasteiger partial charge in [-0.3, -0.25) is 4.90 Å². The zero-order valence-corrected chi connectivity index (χ0v) is 20.2. The molecule has 0 radical (unpaired) electrons. The second kappa shape index (κ2) is 23.0. The first-order chi connectivity index (χ1) is 14.8. The Morgan fingerprint density at radius 2 is 1.23 bits per heavy atom. The SMILES string of the molecule is C=C(CCOCCOCCOCCOCCC)N1CCN(CCCOC)CC1.CC. The normalized spacial score (nSPS) is 14.5. The van der Waals surface area contributed by atoms with Crippen LogP contribution in [0.5, 0.6) is 0 Å². The van der Waals surface area contributed by atoms with Crippen molar-refractivity contribution in [3.8, 4) is 0 Å². The Morgan fingerprint density at radius 3 is 1.73 bits per heavy atom. The topological polar surface area (TPSA) is 52.6 Å². The number of rotatable bonds is 19. The van der Waals surface area contributed by atoms with E-state index in [4.69, 9.17) is 23.7 Å². The molecule has 0 N–H and O–H groups in total. The van der Waals surface area contributed by atoms with Gasteiger partial charge >= 0.3 is 0 Å². The van der Waals surface area contributed by atoms with E-state index < -0.39 is 0 Å². The quantitative estimate of drug-likeness (QED) is 0.291. The predicted molar refractivity (Wildman–Crippen MR) is 123 cm³/mol. The Balaban J connectivity index is 0.00000407. The van der Waals surface area contributed by atoms with E-state index in [0.717, 1.165) is 65.2 Å². The van der Waals surface area contributed by atoms with Crippen LogP contribution in [0.25, 0.3) is 0 Å². The molecule has 1 rings (SSSR count). The van der Waals surface area contributed by atoms with Crippen LogP contribution in [0.4, 0.5) is 0 Å². The van der Waals surface area contributed by atoms with Crippen molar-refractivity contribution in [2.45, 2.75) is 40.0 Å². The minimum absolute atomic E-state index is 0.596. The monoisotopic (exact) mass is 432 g/mol. The molecule has 0 aromatic rings. The molecule has 7 heteroatoms. The largest absolute Gasteiger partial charge is 0.385 e. The fourth-order valence-electron chi connectivity index (χ4n) is 2.97. The molecule has 0 unspecified atom stereocenters. The third kappa shape index (κ3) is 17.0. The van der Waals surface area contributed by atoms with E-state index in [0.29, 0.717) is 46.2 Å². The summed E-state index contributed by atoms with van der Waals surface area (Å²) < 4.78 is 27.0. The van der Waals surface area contributed by atoms with Gasteiger partial charge in [0.1, 0.15) is 0 Å². The molecule has 0 aliphatic carbocycles. The highest BCUT2D eigenvalue weighted by atomic mass is 16.6. The molecule has 0 saturated carbocycles. The second-order valence-corrected chi connectivity index (χ2v) is 6.94. The minimum Gasteiger partial charge on any atom is -0.385 e. The summed E-state index contributed by atoms with van der Waals surface area (Å²) in [6.45, 7) is 21.8. The maximum absolute atomic E-state index is 5.66. The van der Waals surface area contributed by atoms with Crippen molar-refractivity contribution in [1.29, 1.82) is 0 Å². The van der Waals surface area contributed by atoms with E-state index in [2.05, 4.69) is 23.3 Å². The average Bonchev–Trinajstić information content (AvgIpc) is 2.79. The van der Waals surface area contributed by atoms with Crippen molar-refractivity contribution in [3.05, 3.63) is 12.3 Å². The van der Waals surface area contributed by atoms with Gasteiger partial charge in [-0.2, -0.15) is 0 Å². The van der Waals surface area contributed by atoms with E-state index in [1.807, 2.05) is 13.8 Å². The zero-order chi connectivity index (χ0) is 22.3. The summed E-state index contributed by atoms with van der Waals surface area (Å²) in [6.07, 6.45) is 3.03. The molecule has 7 nitrogen and oxygen atoms in total. The Bertz CT molecular complexity index is 364. The third-order valence-electron chi connectivity index (χ3n) is 4.64. The lowest BCUT2D eigenvalue weighted by molar-refractivity contribution is -0.00188. The van der Waals surface area contributed by atoms with E-state index in [-0.39, 0.29) is 0 Å². The maximum atomic E-state index is 5.66. The highest BCUT2D eigenvalue weighted by molar-refractivity contribution is 4.96. The predicted octanol–water partition coefficient (Wildman–Crippen LogP) is 3.05. The molecule has 0 aromatic carbocycles. The van der Waals surface area contributed by atoms with Gasteiger partial charge in [0.2, 0.25) is 0 Å². The third-order valence-corrected chi connectivity index (χ3v) is 4.64. The molecule has 0 bridgehead atoms. The van der Waals surface area contributed by atoms with E-state index in [1.54, 1.807) is 7.11 Å². The molecule has 1 fully saturated rings. The summed E-state index contributed by atoms with van der Waals surface area (Å²) >= 11 is 0. The molecule has 1 heterocycles. The fraction of sp³-hybridized carbons (Fsp3) is 0.913. The smallest absolute Gasteiger partial charge is 0.0701 e. The molecule has 0 atom stereocenters. The van der Waals surface area contributed by atoms with Crippen LogP contribution >= 0.6 is 0 Å². The van der Waals surface area contributed by atoms with Gasteiger partial charge in [0.05, 0.1) is 46.2 Å². The molecule has 1 saturated heterocycles. The molecule has 1 aliphatic rings. The van der Waals surface area contributed by atoms with Gasteiger partial charge in [-0.05, 0) is 12.8 Å². The minimum atomic E-state index is 0.596. The summed E-state index contributed by atoms with van der Waals surface area (Å²) in [6, 6.07) is 0. The lowest BCUT2D eigenvalue weighted by Crippen LogP contribution is -2.46. The van der Waals surface area contributed by atoms with Crippen LogP contribution in [-0.4, -0.2) is 109 Å². The number of hydrogen-bond acceptors (Lipinski definition) is 7. The number of hydrogen-bond donors (Lipinski definition) is 0. The average molecular weight is 433 g/mol. The summed E-state index contributed by atoms with van der Waals surface area (Å²) in [4.78, 5) is 4.88. The van der Waals surface area contributed by atoms with Gasteiger partial charge in [0.15, 0.2) is 0 Å². The Hall–Kier alpha value is -0.700. The maximum Gasteiger partial charge on any atom is 0.0701 e. The van der Waals surface area contributed by atoms with Crippen molar-refractivity contribution in [3.63, 3.8) is 0 Å². The van der Waals surface area contributed by atoms with Crippen LogP contribution in [0, 0.1) is 0 Å². The highest BCUT2D eigenvalue weighted by Crippen LogP contribution is 2.11. The van der Waals surface area contributed by atoms with E-state index in [1.165, 1.54) is 5.70 Å². The van der Waals surface area contributed by atoms with E-state index >= 15 is 0 Å². The number of piperazine rings is 1. The summed E-state index contributed by atoms with van der Waals surface area (Å²) in [7, 11) is 1.76. The lowest BCUT2D eigenvalue weighted by Gasteiger charge is -2.37. The van der Waals surface area contributed by atoms with Gasteiger partial charge in [-0.15, -0.1) is 0 Å². The van der Waals surface area contributed by atoms with Crippen LogP contribution in [0.15, 0.2) is 12.3 Å². The zero-order valence-electron chi connectivity index (χ0n) is 20.2. The van der Waals surface area contributed by atoms with Gasteiger partial charge in [-0.25, -0.2) is 0 Å². The Labute approximate surface area is 185 Å². The summed E-state index contributed by atoms with van der Waals surface area (Å²) in [5, 5.41) is 0. The molecular weight excluding hydrogens is 384 g/mol. The summed E-state index contributed by atoms with van der Waals surface area (Å²) in [5.41, 5.74) is 1.18. The van der Waals surface area contributed by atoms with Crippen molar-refractivity contribution in [2.24, 2.45) is 0 Å². The molecule has 30 heavy (non-hydrogen) atoms. The van der Waals surface area contributed by atoms with Gasteiger partial charge in [-0.1, -0.05) is 27.4 Å². The number of ether oxygens (including phenoxy) is 5. The van der Waals surface area contributed by atoms with Crippen LogP contribution in [-0.2, 0) is 23.7 Å². The van der Waals surface area contributed by atoms with Crippen LogP contribution in [0.3, 0.4) is 0 Å². The van der Waals surface area contributed by atoms with E-state index in [9.17, 15) is 0 Å². The molecular formula is C23H48N2O5. The first-order valence-corrected chi connectivity index (χ1v) is 11.7. The Kier molecular flexibility index (Phi) is 22.4. The highest BCUT2D eigenvalue weighted by Gasteiger charge is 2.17. The lowest BCUT2D eigenvalue weighted by atomic mass is 10.2. The van der Waals surface area contributed by atoms with Crippen molar-refractivity contribution in [2.75, 3.05) is 99.3 Å². The second-order valence-electron chi connectivity index (χ2n) is 6.94. The number of methoxy groups -OCH3 is 1. The van der Waals surface area contributed by atoms with Gasteiger partial charge in [0.25, 0.3) is 0 Å². The van der Waals surface area contributed by atoms with Gasteiger partial charge in [0, 0.05) is 65.2 Å². The van der Waals surface area contributed by atoms with Crippen LogP contribution < -0.4 is 0 Å². The first kappa shape index (κ1) is 29.3. The first-order valence-electron chi connectivity index (χ1n) is 11.7.